The van der Waals surface area contributed by atoms with Crippen molar-refractivity contribution in [3.63, 3.8) is 0 Å². The molecule has 0 saturated heterocycles. The van der Waals surface area contributed by atoms with E-state index in [0.717, 1.165) is 11.3 Å². The summed E-state index contributed by atoms with van der Waals surface area (Å²) in [6, 6.07) is 0. The molecule has 0 radical (unpaired) electrons. The molecule has 0 fully saturated rings. The van der Waals surface area contributed by atoms with Gasteiger partial charge in [-0.05, 0) is 6.92 Å². The van der Waals surface area contributed by atoms with Crippen LogP contribution < -0.4 is 5.14 Å². The lowest BCUT2D eigenvalue weighted by atomic mass is 10.3. The Morgan fingerprint density at radius 2 is 2.14 bits per heavy atom. The average Bonchev–Trinajstić information content (AvgIpc) is 2.44. The molecule has 7 heteroatoms. The van der Waals surface area contributed by atoms with Gasteiger partial charge in [-0.15, -0.1) is 11.3 Å². The highest BCUT2D eigenvalue weighted by Gasteiger charge is 2.23. The van der Waals surface area contributed by atoms with Crippen molar-refractivity contribution in [3.8, 4) is 0 Å². The van der Waals surface area contributed by atoms with Crippen LogP contribution in [0.3, 0.4) is 0 Å². The number of aryl methyl sites for hydroxylation is 1. The van der Waals surface area contributed by atoms with Gasteiger partial charge >= 0.3 is 5.97 Å². The molecule has 0 bridgehead atoms. The van der Waals surface area contributed by atoms with Crippen molar-refractivity contribution < 1.29 is 17.9 Å². The van der Waals surface area contributed by atoms with Crippen molar-refractivity contribution in [2.45, 2.75) is 11.8 Å². The van der Waals surface area contributed by atoms with E-state index >= 15 is 0 Å². The molecular weight excluding hydrogens is 226 g/mol. The Balaban J connectivity index is 3.42. The Morgan fingerprint density at radius 1 is 1.57 bits per heavy atom. The summed E-state index contributed by atoms with van der Waals surface area (Å²) in [5.74, 6) is -0.696. The summed E-state index contributed by atoms with van der Waals surface area (Å²) in [5, 5.41) is 6.38. The summed E-state index contributed by atoms with van der Waals surface area (Å²) in [6.45, 7) is 1.58. The molecule has 0 atom stereocenters. The zero-order valence-corrected chi connectivity index (χ0v) is 9.24. The van der Waals surface area contributed by atoms with Crippen LogP contribution in [0.4, 0.5) is 0 Å². The number of primary sulfonamides is 1. The minimum atomic E-state index is -3.87. The van der Waals surface area contributed by atoms with Gasteiger partial charge in [-0.1, -0.05) is 0 Å². The van der Waals surface area contributed by atoms with Crippen molar-refractivity contribution in [3.05, 3.63) is 15.8 Å². The summed E-state index contributed by atoms with van der Waals surface area (Å²) < 4.78 is 26.7. The second kappa shape index (κ2) is 3.68. The molecule has 0 saturated carbocycles. The van der Waals surface area contributed by atoms with E-state index in [9.17, 15) is 13.2 Å². The van der Waals surface area contributed by atoms with Crippen LogP contribution >= 0.6 is 11.3 Å². The molecule has 0 aliphatic heterocycles. The van der Waals surface area contributed by atoms with Crippen LogP contribution in [0.15, 0.2) is 10.3 Å². The fraction of sp³-hybridized carbons (Fsp3) is 0.286. The summed E-state index contributed by atoms with van der Waals surface area (Å²) >= 11 is 1.14. The van der Waals surface area contributed by atoms with E-state index in [-0.39, 0.29) is 10.5 Å². The number of methoxy groups -OCH3 is 1. The predicted octanol–water partition coefficient (Wildman–Crippen LogP) is 0.491. The Kier molecular flexibility index (Phi) is 2.93. The van der Waals surface area contributed by atoms with E-state index < -0.39 is 16.0 Å². The molecule has 5 nitrogen and oxygen atoms in total. The predicted molar refractivity (Wildman–Crippen MR) is 51.8 cm³/mol. The van der Waals surface area contributed by atoms with Crippen molar-refractivity contribution in [1.29, 1.82) is 0 Å². The second-order valence-electron chi connectivity index (χ2n) is 2.57. The number of ether oxygens (including phenoxy) is 1. The smallest absolute Gasteiger partial charge is 0.340 e. The number of sulfonamides is 1. The highest BCUT2D eigenvalue weighted by Crippen LogP contribution is 2.25. The van der Waals surface area contributed by atoms with Gasteiger partial charge in [0, 0.05) is 10.3 Å². The lowest BCUT2D eigenvalue weighted by molar-refractivity contribution is 0.0597. The van der Waals surface area contributed by atoms with E-state index in [1.807, 2.05) is 0 Å². The molecule has 1 aromatic rings. The first kappa shape index (κ1) is 11.2. The van der Waals surface area contributed by atoms with Crippen LogP contribution in [0.5, 0.6) is 0 Å². The first-order valence-corrected chi connectivity index (χ1v) is 5.99. The fourth-order valence-electron chi connectivity index (χ4n) is 1.05. The molecule has 0 spiro atoms. The third kappa shape index (κ3) is 1.94. The Bertz CT molecular complexity index is 460. The third-order valence-electron chi connectivity index (χ3n) is 1.61. The van der Waals surface area contributed by atoms with E-state index in [1.54, 1.807) is 6.92 Å². The van der Waals surface area contributed by atoms with Gasteiger partial charge in [-0.3, -0.25) is 0 Å². The first-order valence-electron chi connectivity index (χ1n) is 3.57. The monoisotopic (exact) mass is 235 g/mol. The molecular formula is C7H9NO4S2. The van der Waals surface area contributed by atoms with Gasteiger partial charge in [0.1, 0.15) is 4.90 Å². The summed E-state index contributed by atoms with van der Waals surface area (Å²) in [4.78, 5) is 11.5. The molecule has 0 unspecified atom stereocenters. The maximum atomic E-state index is 11.2. The number of hydrogen-bond donors (Lipinski definition) is 1. The largest absolute Gasteiger partial charge is 0.465 e. The van der Waals surface area contributed by atoms with E-state index in [0.29, 0.717) is 4.88 Å². The molecule has 78 valence electrons. The molecule has 1 heterocycles. The minimum absolute atomic E-state index is 0.00231. The number of carbonyl (C=O) groups is 1. The standard InChI is InChI=1S/C7H9NO4S2/c1-4-6(14(8,10)11)5(3-13-4)7(9)12-2/h3H,1-2H3,(H2,8,10,11). The number of nitrogens with two attached hydrogens (primary N) is 1. The van der Waals surface area contributed by atoms with E-state index in [4.69, 9.17) is 5.14 Å². The van der Waals surface area contributed by atoms with Crippen LogP contribution in [0.2, 0.25) is 0 Å². The van der Waals surface area contributed by atoms with Gasteiger partial charge in [-0.2, -0.15) is 0 Å². The van der Waals surface area contributed by atoms with E-state index in [1.165, 1.54) is 12.5 Å². The Morgan fingerprint density at radius 3 is 2.57 bits per heavy atom. The topological polar surface area (TPSA) is 86.5 Å². The molecule has 0 aliphatic carbocycles. The molecule has 1 aromatic heterocycles. The Hall–Kier alpha value is -0.920. The maximum Gasteiger partial charge on any atom is 0.340 e. The summed E-state index contributed by atoms with van der Waals surface area (Å²) in [7, 11) is -2.68. The van der Waals surface area contributed by atoms with Crippen molar-refractivity contribution in [2.24, 2.45) is 5.14 Å². The quantitative estimate of drug-likeness (QED) is 0.756. The average molecular weight is 235 g/mol. The zero-order valence-electron chi connectivity index (χ0n) is 7.60. The number of thiophene rings is 1. The lowest BCUT2D eigenvalue weighted by Crippen LogP contribution is -2.16. The van der Waals surface area contributed by atoms with Gasteiger partial charge in [0.05, 0.1) is 12.7 Å². The van der Waals surface area contributed by atoms with Crippen LogP contribution in [0, 0.1) is 6.92 Å². The number of rotatable bonds is 2. The molecule has 2 N–H and O–H groups in total. The molecule has 0 aliphatic rings. The highest BCUT2D eigenvalue weighted by molar-refractivity contribution is 7.89. The summed E-state index contributed by atoms with van der Waals surface area (Å²) in [5.41, 5.74) is -0.00231. The van der Waals surface area contributed by atoms with Crippen LogP contribution in [-0.2, 0) is 14.8 Å². The molecule has 0 aromatic carbocycles. The fourth-order valence-corrected chi connectivity index (χ4v) is 3.19. The van der Waals surface area contributed by atoms with Gasteiger partial charge in [0.15, 0.2) is 0 Å². The second-order valence-corrected chi connectivity index (χ2v) is 5.15. The summed E-state index contributed by atoms with van der Waals surface area (Å²) in [6.07, 6.45) is 0. The number of esters is 1. The number of carbonyl (C=O) groups excluding carboxylic acids is 1. The molecule has 14 heavy (non-hydrogen) atoms. The maximum absolute atomic E-state index is 11.2. The van der Waals surface area contributed by atoms with E-state index in [2.05, 4.69) is 4.74 Å². The van der Waals surface area contributed by atoms with Crippen LogP contribution in [0.1, 0.15) is 15.2 Å². The van der Waals surface area contributed by atoms with Crippen molar-refractivity contribution in [2.75, 3.05) is 7.11 Å². The zero-order chi connectivity index (χ0) is 10.9. The molecule has 1 rings (SSSR count). The van der Waals surface area contributed by atoms with Gasteiger partial charge in [0.2, 0.25) is 10.0 Å². The SMILES string of the molecule is COC(=O)c1csc(C)c1S(N)(=O)=O. The third-order valence-corrected chi connectivity index (χ3v) is 3.74. The van der Waals surface area contributed by atoms with Crippen molar-refractivity contribution >= 4 is 27.3 Å². The normalized spacial score (nSPS) is 11.4. The minimum Gasteiger partial charge on any atom is -0.465 e. The number of hydrogen-bond acceptors (Lipinski definition) is 5. The highest BCUT2D eigenvalue weighted by atomic mass is 32.2. The van der Waals surface area contributed by atoms with Crippen LogP contribution in [0.25, 0.3) is 0 Å². The lowest BCUT2D eigenvalue weighted by Gasteiger charge is -2.00. The van der Waals surface area contributed by atoms with Gasteiger partial charge in [0.25, 0.3) is 0 Å². The van der Waals surface area contributed by atoms with Crippen LogP contribution in [-0.4, -0.2) is 21.5 Å². The van der Waals surface area contributed by atoms with Gasteiger partial charge in [-0.25, -0.2) is 18.4 Å². The van der Waals surface area contributed by atoms with Gasteiger partial charge < -0.3 is 4.74 Å². The van der Waals surface area contributed by atoms with Crippen molar-refractivity contribution in [1.82, 2.24) is 0 Å². The molecule has 0 amide bonds. The Labute approximate surface area is 85.5 Å². The first-order chi connectivity index (χ1) is 6.38.